The Labute approximate surface area is 119 Å². The molecule has 0 fully saturated rings. The second-order valence-corrected chi connectivity index (χ2v) is 4.62. The minimum absolute atomic E-state index is 0.0661. The fourth-order valence-corrected chi connectivity index (χ4v) is 2.13. The molecule has 4 nitrogen and oxygen atoms in total. The van der Waals surface area contributed by atoms with Gasteiger partial charge in [-0.05, 0) is 30.3 Å². The first-order chi connectivity index (χ1) is 9.65. The van der Waals surface area contributed by atoms with Crippen LogP contribution >= 0.6 is 11.6 Å². The zero-order valence-electron chi connectivity index (χ0n) is 10.3. The molecule has 0 amide bonds. The zero-order valence-corrected chi connectivity index (χ0v) is 11.0. The third-order valence-electron chi connectivity index (χ3n) is 2.90. The van der Waals surface area contributed by atoms with E-state index in [1.54, 1.807) is 41.5 Å². The number of nitrogens with two attached hydrogens (primary N) is 1. The van der Waals surface area contributed by atoms with Crippen molar-refractivity contribution in [2.75, 3.05) is 5.73 Å². The summed E-state index contributed by atoms with van der Waals surface area (Å²) in [5, 5.41) is 0.0661. The first-order valence-corrected chi connectivity index (χ1v) is 6.22. The SMILES string of the molecule is Nc1cc(-c2cncn2-c2ccc(F)c(Cl)c2)ccn1. The van der Waals surface area contributed by atoms with E-state index < -0.39 is 5.82 Å². The van der Waals surface area contributed by atoms with Crippen molar-refractivity contribution in [1.29, 1.82) is 0 Å². The van der Waals surface area contributed by atoms with Gasteiger partial charge in [-0.25, -0.2) is 14.4 Å². The van der Waals surface area contributed by atoms with Crippen LogP contribution in [0.1, 0.15) is 0 Å². The van der Waals surface area contributed by atoms with Crippen LogP contribution in [-0.4, -0.2) is 14.5 Å². The van der Waals surface area contributed by atoms with Crippen LogP contribution < -0.4 is 5.73 Å². The van der Waals surface area contributed by atoms with Gasteiger partial charge < -0.3 is 5.73 Å². The van der Waals surface area contributed by atoms with Crippen LogP contribution in [0.2, 0.25) is 5.02 Å². The van der Waals surface area contributed by atoms with Crippen molar-refractivity contribution in [2.45, 2.75) is 0 Å². The predicted molar refractivity (Wildman–Crippen MR) is 76.2 cm³/mol. The lowest BCUT2D eigenvalue weighted by molar-refractivity contribution is 0.628. The molecular formula is C14H10ClFN4. The van der Waals surface area contributed by atoms with E-state index in [0.717, 1.165) is 16.9 Å². The van der Waals surface area contributed by atoms with Crippen molar-refractivity contribution < 1.29 is 4.39 Å². The molecule has 1 aromatic carbocycles. The average Bonchev–Trinajstić information content (AvgIpc) is 2.91. The third kappa shape index (κ3) is 2.23. The number of imidazole rings is 1. The number of pyridine rings is 1. The molecule has 0 spiro atoms. The highest BCUT2D eigenvalue weighted by Crippen LogP contribution is 2.25. The Balaban J connectivity index is 2.12. The lowest BCUT2D eigenvalue weighted by Gasteiger charge is -2.09. The van der Waals surface area contributed by atoms with Crippen LogP contribution in [-0.2, 0) is 0 Å². The fourth-order valence-electron chi connectivity index (χ4n) is 1.96. The summed E-state index contributed by atoms with van der Waals surface area (Å²) < 4.78 is 15.0. The van der Waals surface area contributed by atoms with Crippen molar-refractivity contribution in [3.05, 3.63) is 59.9 Å². The van der Waals surface area contributed by atoms with Crippen LogP contribution in [0.25, 0.3) is 16.9 Å². The molecule has 20 heavy (non-hydrogen) atoms. The van der Waals surface area contributed by atoms with Gasteiger partial charge in [0.2, 0.25) is 0 Å². The van der Waals surface area contributed by atoms with E-state index >= 15 is 0 Å². The summed E-state index contributed by atoms with van der Waals surface area (Å²) in [6, 6.07) is 8.08. The molecule has 0 atom stereocenters. The molecule has 3 rings (SSSR count). The lowest BCUT2D eigenvalue weighted by Crippen LogP contribution is -1.97. The molecule has 0 saturated heterocycles. The molecule has 100 valence electrons. The van der Waals surface area contributed by atoms with Crippen LogP contribution in [0, 0.1) is 5.82 Å². The number of hydrogen-bond acceptors (Lipinski definition) is 3. The van der Waals surface area contributed by atoms with E-state index in [0.29, 0.717) is 5.82 Å². The Morgan fingerprint density at radius 3 is 2.80 bits per heavy atom. The molecule has 0 aliphatic carbocycles. The molecule has 6 heteroatoms. The van der Waals surface area contributed by atoms with E-state index in [2.05, 4.69) is 9.97 Å². The van der Waals surface area contributed by atoms with E-state index in [1.165, 1.54) is 6.07 Å². The normalized spacial score (nSPS) is 10.7. The number of anilines is 1. The highest BCUT2D eigenvalue weighted by Gasteiger charge is 2.09. The summed E-state index contributed by atoms with van der Waals surface area (Å²) >= 11 is 5.82. The second kappa shape index (κ2) is 4.94. The molecule has 0 unspecified atom stereocenters. The molecule has 0 aliphatic rings. The summed E-state index contributed by atoms with van der Waals surface area (Å²) in [4.78, 5) is 8.08. The Kier molecular flexibility index (Phi) is 3.12. The smallest absolute Gasteiger partial charge is 0.141 e. The highest BCUT2D eigenvalue weighted by molar-refractivity contribution is 6.30. The van der Waals surface area contributed by atoms with Gasteiger partial charge in [0.15, 0.2) is 0 Å². The van der Waals surface area contributed by atoms with E-state index in [9.17, 15) is 4.39 Å². The maximum atomic E-state index is 13.2. The molecule has 2 aromatic heterocycles. The maximum Gasteiger partial charge on any atom is 0.141 e. The minimum atomic E-state index is -0.453. The zero-order chi connectivity index (χ0) is 14.1. The molecule has 0 bridgehead atoms. The topological polar surface area (TPSA) is 56.7 Å². The first-order valence-electron chi connectivity index (χ1n) is 5.85. The van der Waals surface area contributed by atoms with E-state index in [4.69, 9.17) is 17.3 Å². The number of benzene rings is 1. The number of nitrogen functional groups attached to an aromatic ring is 1. The number of aromatic nitrogens is 3. The number of halogens is 2. The molecule has 3 aromatic rings. The van der Waals surface area contributed by atoms with Gasteiger partial charge >= 0.3 is 0 Å². The van der Waals surface area contributed by atoms with Gasteiger partial charge in [-0.1, -0.05) is 11.6 Å². The van der Waals surface area contributed by atoms with Gasteiger partial charge in [-0.3, -0.25) is 4.57 Å². The Morgan fingerprint density at radius 2 is 2.05 bits per heavy atom. The Bertz CT molecular complexity index is 769. The van der Waals surface area contributed by atoms with Crippen LogP contribution in [0.5, 0.6) is 0 Å². The van der Waals surface area contributed by atoms with Crippen molar-refractivity contribution in [3.63, 3.8) is 0 Å². The third-order valence-corrected chi connectivity index (χ3v) is 3.19. The quantitative estimate of drug-likeness (QED) is 0.787. The summed E-state index contributed by atoms with van der Waals surface area (Å²) in [6.07, 6.45) is 4.96. The molecule has 2 N–H and O–H groups in total. The van der Waals surface area contributed by atoms with Gasteiger partial charge in [0.05, 0.1) is 23.2 Å². The van der Waals surface area contributed by atoms with Crippen molar-refractivity contribution >= 4 is 17.4 Å². The van der Waals surface area contributed by atoms with E-state index in [1.807, 2.05) is 6.07 Å². The van der Waals surface area contributed by atoms with Gasteiger partial charge in [-0.15, -0.1) is 0 Å². The van der Waals surface area contributed by atoms with Gasteiger partial charge in [0, 0.05) is 17.4 Å². The molecule has 2 heterocycles. The number of rotatable bonds is 2. The molecule has 0 saturated carbocycles. The molecular weight excluding hydrogens is 279 g/mol. The number of nitrogens with zero attached hydrogens (tertiary/aromatic N) is 3. The second-order valence-electron chi connectivity index (χ2n) is 4.22. The lowest BCUT2D eigenvalue weighted by atomic mass is 10.2. The van der Waals surface area contributed by atoms with Crippen LogP contribution in [0.3, 0.4) is 0 Å². The summed E-state index contributed by atoms with van der Waals surface area (Å²) in [7, 11) is 0. The number of hydrogen-bond donors (Lipinski definition) is 1. The Hall–Kier alpha value is -2.40. The standard InChI is InChI=1S/C14H10ClFN4/c15-11-6-10(1-2-12(11)16)20-8-18-7-13(20)9-3-4-19-14(17)5-9/h1-8H,(H2,17,19). The Morgan fingerprint density at radius 1 is 1.20 bits per heavy atom. The van der Waals surface area contributed by atoms with Crippen molar-refractivity contribution in [2.24, 2.45) is 0 Å². The van der Waals surface area contributed by atoms with Crippen LogP contribution in [0.15, 0.2) is 49.1 Å². The van der Waals surface area contributed by atoms with Gasteiger partial charge in [-0.2, -0.15) is 0 Å². The maximum absolute atomic E-state index is 13.2. The molecule has 0 radical (unpaired) electrons. The fraction of sp³-hybridized carbons (Fsp3) is 0. The van der Waals surface area contributed by atoms with E-state index in [-0.39, 0.29) is 5.02 Å². The van der Waals surface area contributed by atoms with Gasteiger partial charge in [0.25, 0.3) is 0 Å². The minimum Gasteiger partial charge on any atom is -0.384 e. The monoisotopic (exact) mass is 288 g/mol. The summed E-state index contributed by atoms with van der Waals surface area (Å²) in [5.41, 5.74) is 8.10. The predicted octanol–water partition coefficient (Wildman–Crippen LogP) is 3.31. The van der Waals surface area contributed by atoms with Gasteiger partial charge in [0.1, 0.15) is 11.6 Å². The van der Waals surface area contributed by atoms with Crippen molar-refractivity contribution in [1.82, 2.24) is 14.5 Å². The highest BCUT2D eigenvalue weighted by atomic mass is 35.5. The summed E-state index contributed by atoms with van der Waals surface area (Å²) in [5.74, 6) is -0.0300. The van der Waals surface area contributed by atoms with Crippen molar-refractivity contribution in [3.8, 4) is 16.9 Å². The molecule has 0 aliphatic heterocycles. The summed E-state index contributed by atoms with van der Waals surface area (Å²) in [6.45, 7) is 0. The first kappa shape index (κ1) is 12.6. The largest absolute Gasteiger partial charge is 0.384 e. The average molecular weight is 289 g/mol. The van der Waals surface area contributed by atoms with Crippen LogP contribution in [0.4, 0.5) is 10.2 Å².